The van der Waals surface area contributed by atoms with Crippen LogP contribution in [-0.2, 0) is 12.6 Å². The monoisotopic (exact) mass is 500 g/mol. The van der Waals surface area contributed by atoms with Crippen molar-refractivity contribution in [3.63, 3.8) is 0 Å². The van der Waals surface area contributed by atoms with E-state index in [-0.39, 0.29) is 16.9 Å². The van der Waals surface area contributed by atoms with E-state index in [9.17, 15) is 22.7 Å². The molecule has 3 aromatic carbocycles. The Morgan fingerprint density at radius 3 is 2.14 bits per heavy atom. The summed E-state index contributed by atoms with van der Waals surface area (Å²) in [6.45, 7) is 3.91. The number of fused-ring (bicyclic) bond motifs is 1. The molecule has 190 valence electrons. The summed E-state index contributed by atoms with van der Waals surface area (Å²) >= 11 is 0. The van der Waals surface area contributed by atoms with Crippen molar-refractivity contribution in [3.05, 3.63) is 93.8 Å². The van der Waals surface area contributed by atoms with Crippen LogP contribution in [0.2, 0.25) is 0 Å². The van der Waals surface area contributed by atoms with E-state index in [4.69, 9.17) is 0 Å². The van der Waals surface area contributed by atoms with Crippen molar-refractivity contribution in [3.8, 4) is 11.1 Å². The van der Waals surface area contributed by atoms with Crippen molar-refractivity contribution < 1.29 is 27.1 Å². The van der Waals surface area contributed by atoms with Gasteiger partial charge in [0, 0.05) is 5.56 Å². The number of aliphatic hydroxyl groups is 1. The first-order valence-corrected chi connectivity index (χ1v) is 12.4. The molecule has 3 aromatic rings. The molecule has 1 spiro atoms. The van der Waals surface area contributed by atoms with Gasteiger partial charge in [0.2, 0.25) is 0 Å². The molecule has 0 aliphatic heterocycles. The molecule has 36 heavy (non-hydrogen) atoms. The van der Waals surface area contributed by atoms with Crippen LogP contribution in [0.25, 0.3) is 11.1 Å². The number of rotatable bonds is 4. The Balaban J connectivity index is 1.74. The number of hydrogen-bond acceptors (Lipinski definition) is 1. The zero-order valence-electron chi connectivity index (χ0n) is 20.3. The summed E-state index contributed by atoms with van der Waals surface area (Å²) in [6.07, 6.45) is -2.42. The number of alkyl halides is 4. The van der Waals surface area contributed by atoms with E-state index in [0.29, 0.717) is 28.7 Å². The fourth-order valence-electron chi connectivity index (χ4n) is 6.05. The van der Waals surface area contributed by atoms with Gasteiger partial charge in [-0.05, 0) is 94.7 Å². The zero-order valence-corrected chi connectivity index (χ0v) is 20.3. The summed E-state index contributed by atoms with van der Waals surface area (Å²) in [4.78, 5) is 0. The van der Waals surface area contributed by atoms with Gasteiger partial charge in [-0.2, -0.15) is 13.2 Å². The number of aliphatic hydroxyl groups excluding tert-OH is 1. The van der Waals surface area contributed by atoms with Crippen LogP contribution in [-0.4, -0.2) is 5.11 Å². The van der Waals surface area contributed by atoms with E-state index >= 15 is 4.39 Å². The maximum Gasteiger partial charge on any atom is 0.416 e. The average molecular weight is 501 g/mol. The van der Waals surface area contributed by atoms with Crippen molar-refractivity contribution in [1.82, 2.24) is 0 Å². The van der Waals surface area contributed by atoms with E-state index in [0.717, 1.165) is 48.9 Å². The van der Waals surface area contributed by atoms with Crippen LogP contribution in [0.1, 0.15) is 91.1 Å². The summed E-state index contributed by atoms with van der Waals surface area (Å²) in [5.74, 6) is -0.503. The Bertz CT molecular complexity index is 1250. The van der Waals surface area contributed by atoms with Crippen molar-refractivity contribution >= 4 is 0 Å². The Labute approximate surface area is 208 Å². The third-order valence-corrected chi connectivity index (χ3v) is 8.00. The second-order valence-electron chi connectivity index (χ2n) is 10.7. The van der Waals surface area contributed by atoms with Gasteiger partial charge in [0.15, 0.2) is 6.17 Å². The first kappa shape index (κ1) is 24.9. The lowest BCUT2D eigenvalue weighted by atomic mass is 9.58. The fraction of sp³-hybridized carbons (Fsp3) is 0.400. The van der Waals surface area contributed by atoms with E-state index in [1.807, 2.05) is 19.9 Å². The quantitative estimate of drug-likeness (QED) is 0.355. The van der Waals surface area contributed by atoms with Gasteiger partial charge in [0.1, 0.15) is 5.82 Å². The highest BCUT2D eigenvalue weighted by molar-refractivity contribution is 5.76. The van der Waals surface area contributed by atoms with Gasteiger partial charge in [-0.25, -0.2) is 8.78 Å². The van der Waals surface area contributed by atoms with Crippen LogP contribution >= 0.6 is 0 Å². The molecule has 1 fully saturated rings. The molecule has 2 atom stereocenters. The molecule has 1 N–H and O–H groups in total. The number of benzene rings is 3. The fourth-order valence-corrected chi connectivity index (χ4v) is 6.05. The second-order valence-corrected chi connectivity index (χ2v) is 10.7. The lowest BCUT2D eigenvalue weighted by molar-refractivity contribution is -0.137. The minimum Gasteiger partial charge on any atom is -0.388 e. The summed E-state index contributed by atoms with van der Waals surface area (Å²) in [5, 5.41) is 11.4. The Kier molecular flexibility index (Phi) is 6.22. The average Bonchev–Trinajstić information content (AvgIpc) is 2.81. The standard InChI is InChI=1S/C30H29F5O/c1-17(2)23-14-20-15-29(12-3-13-29)16-24(36)25(20)26(18-6-10-22(31)11-7-18)27(23)28(32)19-4-8-21(9-5-19)30(33,34)35/h4-11,14,17,24,28,36H,3,12-13,15-16H2,1-2H3/t24-,28+/m0/s1. The lowest BCUT2D eigenvalue weighted by Crippen LogP contribution is -2.37. The van der Waals surface area contributed by atoms with Crippen LogP contribution in [0.5, 0.6) is 0 Å². The molecule has 0 heterocycles. The molecule has 0 amide bonds. The van der Waals surface area contributed by atoms with Crippen molar-refractivity contribution in [1.29, 1.82) is 0 Å². The molecule has 2 aliphatic rings. The summed E-state index contributed by atoms with van der Waals surface area (Å²) in [7, 11) is 0. The Morgan fingerprint density at radius 2 is 1.61 bits per heavy atom. The Hall–Kier alpha value is -2.73. The molecule has 6 heteroatoms. The molecular weight excluding hydrogens is 471 g/mol. The van der Waals surface area contributed by atoms with Crippen LogP contribution < -0.4 is 0 Å². The van der Waals surface area contributed by atoms with Gasteiger partial charge in [-0.1, -0.05) is 50.6 Å². The molecule has 0 aromatic heterocycles. The molecule has 0 saturated heterocycles. The Morgan fingerprint density at radius 1 is 0.972 bits per heavy atom. The van der Waals surface area contributed by atoms with Crippen molar-refractivity contribution in [2.45, 2.75) is 70.3 Å². The molecular formula is C30H29F5O. The highest BCUT2D eigenvalue weighted by Gasteiger charge is 2.45. The normalized spacial score (nSPS) is 19.8. The third kappa shape index (κ3) is 4.34. The second kappa shape index (κ2) is 8.98. The van der Waals surface area contributed by atoms with E-state index in [2.05, 4.69) is 0 Å². The third-order valence-electron chi connectivity index (χ3n) is 8.00. The van der Waals surface area contributed by atoms with Crippen molar-refractivity contribution in [2.24, 2.45) is 5.41 Å². The van der Waals surface area contributed by atoms with E-state index < -0.39 is 29.8 Å². The summed E-state index contributed by atoms with van der Waals surface area (Å²) in [6, 6.07) is 11.9. The lowest BCUT2D eigenvalue weighted by Gasteiger charge is -2.48. The smallest absolute Gasteiger partial charge is 0.388 e. The molecule has 1 nitrogen and oxygen atoms in total. The first-order chi connectivity index (χ1) is 17.0. The molecule has 2 aliphatic carbocycles. The maximum atomic E-state index is 16.4. The van der Waals surface area contributed by atoms with Gasteiger partial charge >= 0.3 is 6.18 Å². The molecule has 0 bridgehead atoms. The predicted octanol–water partition coefficient (Wildman–Crippen LogP) is 8.84. The largest absolute Gasteiger partial charge is 0.416 e. The SMILES string of the molecule is CC(C)c1cc2c(c(-c3ccc(F)cc3)c1[C@H](F)c1ccc(C(F)(F)F)cc1)[C@@H](O)CC1(CCC1)C2. The van der Waals surface area contributed by atoms with Gasteiger partial charge in [-0.3, -0.25) is 0 Å². The summed E-state index contributed by atoms with van der Waals surface area (Å²) in [5.41, 5.74) is 3.18. The molecule has 1 saturated carbocycles. The number of halogens is 5. The van der Waals surface area contributed by atoms with Gasteiger partial charge in [0.25, 0.3) is 0 Å². The summed E-state index contributed by atoms with van der Waals surface area (Å²) < 4.78 is 69.6. The zero-order chi connectivity index (χ0) is 25.8. The highest BCUT2D eigenvalue weighted by Crippen LogP contribution is 2.56. The van der Waals surface area contributed by atoms with Gasteiger partial charge in [-0.15, -0.1) is 0 Å². The minimum absolute atomic E-state index is 0.0603. The van der Waals surface area contributed by atoms with Crippen molar-refractivity contribution in [2.75, 3.05) is 0 Å². The van der Waals surface area contributed by atoms with E-state index in [1.165, 1.54) is 24.3 Å². The molecule has 5 rings (SSSR count). The van der Waals surface area contributed by atoms with E-state index in [1.54, 1.807) is 12.1 Å². The van der Waals surface area contributed by atoms with Crippen LogP contribution in [0, 0.1) is 11.2 Å². The minimum atomic E-state index is -4.51. The first-order valence-electron chi connectivity index (χ1n) is 12.4. The van der Waals surface area contributed by atoms with Crippen LogP contribution in [0.15, 0.2) is 54.6 Å². The predicted molar refractivity (Wildman–Crippen MR) is 130 cm³/mol. The highest BCUT2D eigenvalue weighted by atomic mass is 19.4. The molecule has 0 unspecified atom stereocenters. The van der Waals surface area contributed by atoms with Crippen LogP contribution in [0.4, 0.5) is 22.0 Å². The maximum absolute atomic E-state index is 16.4. The van der Waals surface area contributed by atoms with Gasteiger partial charge in [0.05, 0.1) is 11.7 Å². The number of hydrogen-bond donors (Lipinski definition) is 1. The van der Waals surface area contributed by atoms with Crippen LogP contribution in [0.3, 0.4) is 0 Å². The molecule has 0 radical (unpaired) electrons. The topological polar surface area (TPSA) is 20.2 Å². The van der Waals surface area contributed by atoms with Gasteiger partial charge < -0.3 is 5.11 Å².